The van der Waals surface area contributed by atoms with Gasteiger partial charge in [0, 0.05) is 23.3 Å². The Morgan fingerprint density at radius 1 is 1.39 bits per heavy atom. The summed E-state index contributed by atoms with van der Waals surface area (Å²) in [6, 6.07) is 7.13. The zero-order chi connectivity index (χ0) is 13.1. The van der Waals surface area contributed by atoms with Crippen molar-refractivity contribution in [2.45, 2.75) is 26.8 Å². The molecule has 18 heavy (non-hydrogen) atoms. The normalized spacial score (nSPS) is 10.6. The van der Waals surface area contributed by atoms with Gasteiger partial charge in [-0.2, -0.15) is 5.10 Å². The SMILES string of the molecule is CCCn1nccc1C(=O)c1cccc(Cl)c1C. The predicted molar refractivity (Wildman–Crippen MR) is 72.1 cm³/mol. The summed E-state index contributed by atoms with van der Waals surface area (Å²) >= 11 is 6.05. The van der Waals surface area contributed by atoms with E-state index in [4.69, 9.17) is 11.6 Å². The predicted octanol–water partition coefficient (Wildman–Crippen LogP) is 3.49. The standard InChI is InChI=1S/C14H15ClN2O/c1-3-9-17-13(7-8-16-17)14(18)11-5-4-6-12(15)10(11)2/h4-8H,3,9H2,1-2H3. The first kappa shape index (κ1) is 12.8. The maximum absolute atomic E-state index is 12.5. The fourth-order valence-electron chi connectivity index (χ4n) is 1.91. The second-order valence-electron chi connectivity index (χ2n) is 4.18. The molecule has 94 valence electrons. The molecule has 0 amide bonds. The molecule has 0 aliphatic heterocycles. The van der Waals surface area contributed by atoms with Gasteiger partial charge in [-0.05, 0) is 31.0 Å². The van der Waals surface area contributed by atoms with Crippen LogP contribution in [-0.4, -0.2) is 15.6 Å². The maximum atomic E-state index is 12.5. The molecule has 1 aromatic carbocycles. The number of nitrogens with zero attached hydrogens (tertiary/aromatic N) is 2. The van der Waals surface area contributed by atoms with Crippen LogP contribution in [0.25, 0.3) is 0 Å². The molecule has 0 atom stereocenters. The van der Waals surface area contributed by atoms with E-state index >= 15 is 0 Å². The Kier molecular flexibility index (Phi) is 3.82. The molecule has 2 rings (SSSR count). The van der Waals surface area contributed by atoms with E-state index in [0.29, 0.717) is 16.3 Å². The van der Waals surface area contributed by atoms with E-state index in [0.717, 1.165) is 18.5 Å². The molecule has 0 spiro atoms. The van der Waals surface area contributed by atoms with E-state index < -0.39 is 0 Å². The third kappa shape index (κ3) is 2.31. The van der Waals surface area contributed by atoms with E-state index in [9.17, 15) is 4.79 Å². The smallest absolute Gasteiger partial charge is 0.211 e. The van der Waals surface area contributed by atoms with Gasteiger partial charge in [0.1, 0.15) is 5.69 Å². The lowest BCUT2D eigenvalue weighted by molar-refractivity contribution is 0.102. The van der Waals surface area contributed by atoms with Gasteiger partial charge in [-0.15, -0.1) is 0 Å². The summed E-state index contributed by atoms with van der Waals surface area (Å²) in [5.74, 6) is -0.0269. The van der Waals surface area contributed by atoms with Gasteiger partial charge in [0.05, 0.1) is 0 Å². The van der Waals surface area contributed by atoms with E-state index in [2.05, 4.69) is 12.0 Å². The molecule has 0 saturated carbocycles. The van der Waals surface area contributed by atoms with E-state index in [1.54, 1.807) is 35.1 Å². The highest BCUT2D eigenvalue weighted by Gasteiger charge is 2.16. The molecule has 0 aliphatic carbocycles. The van der Waals surface area contributed by atoms with Crippen molar-refractivity contribution < 1.29 is 4.79 Å². The molecule has 0 saturated heterocycles. The summed E-state index contributed by atoms with van der Waals surface area (Å²) in [5, 5.41) is 4.78. The molecular weight excluding hydrogens is 248 g/mol. The van der Waals surface area contributed by atoms with Gasteiger partial charge >= 0.3 is 0 Å². The van der Waals surface area contributed by atoms with Crippen molar-refractivity contribution in [1.29, 1.82) is 0 Å². The first-order valence-electron chi connectivity index (χ1n) is 5.96. The van der Waals surface area contributed by atoms with Crippen LogP contribution in [0.15, 0.2) is 30.5 Å². The van der Waals surface area contributed by atoms with Crippen LogP contribution in [0.5, 0.6) is 0 Å². The molecule has 0 aliphatic rings. The lowest BCUT2D eigenvalue weighted by Crippen LogP contribution is -2.12. The van der Waals surface area contributed by atoms with Crippen molar-refractivity contribution in [2.24, 2.45) is 0 Å². The van der Waals surface area contributed by atoms with Gasteiger partial charge in [-0.3, -0.25) is 9.48 Å². The number of hydrogen-bond acceptors (Lipinski definition) is 2. The monoisotopic (exact) mass is 262 g/mol. The van der Waals surface area contributed by atoms with Gasteiger partial charge in [0.15, 0.2) is 0 Å². The lowest BCUT2D eigenvalue weighted by Gasteiger charge is -2.08. The summed E-state index contributed by atoms with van der Waals surface area (Å²) in [6.07, 6.45) is 2.60. The topological polar surface area (TPSA) is 34.9 Å². The van der Waals surface area contributed by atoms with Gasteiger partial charge in [0.2, 0.25) is 5.78 Å². The highest BCUT2D eigenvalue weighted by molar-refractivity contribution is 6.32. The molecule has 0 fully saturated rings. The number of benzene rings is 1. The highest BCUT2D eigenvalue weighted by atomic mass is 35.5. The quantitative estimate of drug-likeness (QED) is 0.791. The van der Waals surface area contributed by atoms with E-state index in [-0.39, 0.29) is 5.78 Å². The molecule has 2 aromatic rings. The van der Waals surface area contributed by atoms with Crippen LogP contribution < -0.4 is 0 Å². The van der Waals surface area contributed by atoms with Crippen molar-refractivity contribution >= 4 is 17.4 Å². The van der Waals surface area contributed by atoms with Crippen molar-refractivity contribution in [3.8, 4) is 0 Å². The van der Waals surface area contributed by atoms with E-state index in [1.807, 2.05) is 6.92 Å². The molecule has 0 N–H and O–H groups in total. The Morgan fingerprint density at radius 2 is 2.17 bits per heavy atom. The van der Waals surface area contributed by atoms with Crippen molar-refractivity contribution in [2.75, 3.05) is 0 Å². The van der Waals surface area contributed by atoms with Crippen molar-refractivity contribution in [3.05, 3.63) is 52.3 Å². The molecule has 4 heteroatoms. The Hall–Kier alpha value is -1.61. The minimum absolute atomic E-state index is 0.0269. The Morgan fingerprint density at radius 3 is 2.89 bits per heavy atom. The summed E-state index contributed by atoms with van der Waals surface area (Å²) in [7, 11) is 0. The first-order valence-corrected chi connectivity index (χ1v) is 6.34. The summed E-state index contributed by atoms with van der Waals surface area (Å²) in [6.45, 7) is 4.66. The number of carbonyl (C=O) groups is 1. The van der Waals surface area contributed by atoms with Crippen molar-refractivity contribution in [1.82, 2.24) is 9.78 Å². The number of ketones is 1. The minimum atomic E-state index is -0.0269. The minimum Gasteiger partial charge on any atom is -0.287 e. The third-order valence-electron chi connectivity index (χ3n) is 2.90. The van der Waals surface area contributed by atoms with Gasteiger partial charge in [0.25, 0.3) is 0 Å². The van der Waals surface area contributed by atoms with Gasteiger partial charge in [-0.1, -0.05) is 30.7 Å². The summed E-state index contributed by atoms with van der Waals surface area (Å²) in [4.78, 5) is 12.5. The van der Waals surface area contributed by atoms with E-state index in [1.165, 1.54) is 0 Å². The fourth-order valence-corrected chi connectivity index (χ4v) is 2.08. The van der Waals surface area contributed by atoms with Crippen molar-refractivity contribution in [3.63, 3.8) is 0 Å². The Bertz CT molecular complexity index is 575. The zero-order valence-electron chi connectivity index (χ0n) is 10.5. The largest absolute Gasteiger partial charge is 0.287 e. The number of aryl methyl sites for hydroxylation is 1. The third-order valence-corrected chi connectivity index (χ3v) is 3.31. The van der Waals surface area contributed by atoms with Crippen LogP contribution in [0.4, 0.5) is 0 Å². The van der Waals surface area contributed by atoms with Crippen LogP contribution in [-0.2, 0) is 6.54 Å². The molecule has 0 unspecified atom stereocenters. The molecule has 0 bridgehead atoms. The zero-order valence-corrected chi connectivity index (χ0v) is 11.2. The number of hydrogen-bond donors (Lipinski definition) is 0. The highest BCUT2D eigenvalue weighted by Crippen LogP contribution is 2.21. The molecule has 1 aromatic heterocycles. The van der Waals surface area contributed by atoms with Crippen LogP contribution in [0.1, 0.15) is 35.0 Å². The number of rotatable bonds is 4. The molecule has 3 nitrogen and oxygen atoms in total. The second-order valence-corrected chi connectivity index (χ2v) is 4.59. The molecular formula is C14H15ClN2O. The first-order chi connectivity index (χ1) is 8.65. The maximum Gasteiger partial charge on any atom is 0.211 e. The van der Waals surface area contributed by atoms with Gasteiger partial charge in [-0.25, -0.2) is 0 Å². The average molecular weight is 263 g/mol. The van der Waals surface area contributed by atoms with Crippen LogP contribution in [0, 0.1) is 6.92 Å². The van der Waals surface area contributed by atoms with Crippen LogP contribution >= 0.6 is 11.6 Å². The van der Waals surface area contributed by atoms with Crippen LogP contribution in [0.3, 0.4) is 0 Å². The fraction of sp³-hybridized carbons (Fsp3) is 0.286. The second kappa shape index (κ2) is 5.36. The van der Waals surface area contributed by atoms with Crippen LogP contribution in [0.2, 0.25) is 5.02 Å². The molecule has 1 heterocycles. The summed E-state index contributed by atoms with van der Waals surface area (Å²) < 4.78 is 1.74. The van der Waals surface area contributed by atoms with Gasteiger partial charge < -0.3 is 0 Å². The summed E-state index contributed by atoms with van der Waals surface area (Å²) in [5.41, 5.74) is 2.07. The number of aromatic nitrogens is 2. The Balaban J connectivity index is 2.42. The lowest BCUT2D eigenvalue weighted by atomic mass is 10.0. The number of carbonyl (C=O) groups excluding carboxylic acids is 1. The number of halogens is 1. The average Bonchev–Trinajstić information content (AvgIpc) is 2.80. The Labute approximate surface area is 111 Å². The molecule has 0 radical (unpaired) electrons.